The zero-order chi connectivity index (χ0) is 13.4. The molecule has 0 unspecified atom stereocenters. The monoisotopic (exact) mass is 250 g/mol. The molecular weight excluding hydrogens is 237 g/mol. The van der Waals surface area contributed by atoms with E-state index in [1.807, 2.05) is 0 Å². The van der Waals surface area contributed by atoms with Gasteiger partial charge in [0.2, 0.25) is 5.89 Å². The molecular formula is C10H13F3N2O2. The van der Waals surface area contributed by atoms with Crippen LogP contribution in [0.1, 0.15) is 51.0 Å². The second-order valence-corrected chi connectivity index (χ2v) is 4.53. The van der Waals surface area contributed by atoms with Gasteiger partial charge in [0.25, 0.3) is 0 Å². The number of hydrogen-bond donors (Lipinski definition) is 0. The van der Waals surface area contributed by atoms with Crippen molar-refractivity contribution < 1.29 is 17.6 Å². The molecule has 96 valence electrons. The summed E-state index contributed by atoms with van der Waals surface area (Å²) < 4.78 is 43.1. The molecule has 0 aromatic carbocycles. The number of halogens is 3. The molecule has 1 heterocycles. The number of rotatable bonds is 3. The highest BCUT2D eigenvalue weighted by molar-refractivity contribution is 5.19. The van der Waals surface area contributed by atoms with Gasteiger partial charge in [-0.15, -0.1) is 4.91 Å². The first-order valence-electron chi connectivity index (χ1n) is 5.02. The van der Waals surface area contributed by atoms with Crippen LogP contribution in [0.4, 0.5) is 13.2 Å². The van der Waals surface area contributed by atoms with Crippen molar-refractivity contribution in [1.82, 2.24) is 4.98 Å². The summed E-state index contributed by atoms with van der Waals surface area (Å²) in [5, 5.41) is 2.71. The number of nitroso groups, excluding NO2 is 1. The lowest BCUT2D eigenvalue weighted by atomic mass is 10.1. The van der Waals surface area contributed by atoms with E-state index in [-0.39, 0.29) is 11.7 Å². The fourth-order valence-electron chi connectivity index (χ4n) is 1.23. The SMILES string of the molecule is CC(C)c1oc(C(C)(C)N=O)nc1C(F)(F)F. The molecule has 0 fully saturated rings. The molecule has 0 atom stereocenters. The first-order chi connectivity index (χ1) is 7.59. The van der Waals surface area contributed by atoms with Crippen molar-refractivity contribution in [2.45, 2.75) is 45.3 Å². The highest BCUT2D eigenvalue weighted by Crippen LogP contribution is 2.37. The van der Waals surface area contributed by atoms with Gasteiger partial charge in [-0.2, -0.15) is 13.2 Å². The van der Waals surface area contributed by atoms with Crippen molar-refractivity contribution in [1.29, 1.82) is 0 Å². The second-order valence-electron chi connectivity index (χ2n) is 4.53. The smallest absolute Gasteiger partial charge is 0.436 e. The Morgan fingerprint density at radius 1 is 1.29 bits per heavy atom. The van der Waals surface area contributed by atoms with E-state index in [4.69, 9.17) is 4.42 Å². The minimum Gasteiger partial charge on any atom is -0.442 e. The van der Waals surface area contributed by atoms with Crippen LogP contribution < -0.4 is 0 Å². The maximum Gasteiger partial charge on any atom is 0.436 e. The lowest BCUT2D eigenvalue weighted by molar-refractivity contribution is -0.142. The number of alkyl halides is 3. The van der Waals surface area contributed by atoms with Gasteiger partial charge in [-0.3, -0.25) is 0 Å². The first kappa shape index (κ1) is 13.7. The minimum atomic E-state index is -4.60. The minimum absolute atomic E-state index is 0.274. The molecule has 1 aromatic rings. The van der Waals surface area contributed by atoms with Crippen LogP contribution in [0.5, 0.6) is 0 Å². The maximum absolute atomic E-state index is 12.7. The summed E-state index contributed by atoms with van der Waals surface area (Å²) in [7, 11) is 0. The third-order valence-corrected chi connectivity index (χ3v) is 2.20. The van der Waals surface area contributed by atoms with E-state index >= 15 is 0 Å². The highest BCUT2D eigenvalue weighted by Gasteiger charge is 2.42. The standard InChI is InChI=1S/C10H13F3N2O2/c1-5(2)6-7(10(11,12)13)14-8(17-6)9(3,4)15-16/h5H,1-4H3. The van der Waals surface area contributed by atoms with Gasteiger partial charge in [-0.25, -0.2) is 4.98 Å². The summed E-state index contributed by atoms with van der Waals surface area (Å²) in [6.07, 6.45) is -4.60. The molecule has 0 aliphatic heterocycles. The molecule has 0 radical (unpaired) electrons. The Morgan fingerprint density at radius 2 is 1.82 bits per heavy atom. The molecule has 17 heavy (non-hydrogen) atoms. The average molecular weight is 250 g/mol. The first-order valence-corrected chi connectivity index (χ1v) is 5.02. The second kappa shape index (κ2) is 4.12. The van der Waals surface area contributed by atoms with Crippen molar-refractivity contribution in [3.8, 4) is 0 Å². The number of aromatic nitrogens is 1. The van der Waals surface area contributed by atoms with Gasteiger partial charge in [0.05, 0.1) is 0 Å². The Bertz CT molecular complexity index is 422. The van der Waals surface area contributed by atoms with Crippen LogP contribution in [-0.4, -0.2) is 4.98 Å². The van der Waals surface area contributed by atoms with Crippen molar-refractivity contribution in [3.05, 3.63) is 22.3 Å². The number of hydrogen-bond acceptors (Lipinski definition) is 4. The molecule has 0 saturated heterocycles. The molecule has 7 heteroatoms. The van der Waals surface area contributed by atoms with Crippen molar-refractivity contribution >= 4 is 0 Å². The Hall–Kier alpha value is -1.40. The molecule has 0 N–H and O–H groups in total. The van der Waals surface area contributed by atoms with Crippen LogP contribution in [0.3, 0.4) is 0 Å². The van der Waals surface area contributed by atoms with Gasteiger partial charge in [-0.05, 0) is 13.8 Å². The third-order valence-electron chi connectivity index (χ3n) is 2.20. The summed E-state index contributed by atoms with van der Waals surface area (Å²) in [5.74, 6) is -1.07. The summed E-state index contributed by atoms with van der Waals surface area (Å²) in [5.41, 5.74) is -2.49. The molecule has 0 spiro atoms. The summed E-state index contributed by atoms with van der Waals surface area (Å²) in [6, 6.07) is 0. The molecule has 1 aromatic heterocycles. The van der Waals surface area contributed by atoms with Gasteiger partial charge in [0.15, 0.2) is 11.2 Å². The number of nitrogens with zero attached hydrogens (tertiary/aromatic N) is 2. The summed E-state index contributed by atoms with van der Waals surface area (Å²) in [6.45, 7) is 5.80. The van der Waals surface area contributed by atoms with Crippen LogP contribution in [-0.2, 0) is 11.7 Å². The van der Waals surface area contributed by atoms with Crippen molar-refractivity contribution in [3.63, 3.8) is 0 Å². The van der Waals surface area contributed by atoms with Gasteiger partial charge in [-0.1, -0.05) is 19.0 Å². The third kappa shape index (κ3) is 2.65. The van der Waals surface area contributed by atoms with Crippen LogP contribution in [0.2, 0.25) is 0 Å². The van der Waals surface area contributed by atoms with Gasteiger partial charge >= 0.3 is 6.18 Å². The number of oxazole rings is 1. The van der Waals surface area contributed by atoms with Gasteiger partial charge in [0, 0.05) is 5.92 Å². The maximum atomic E-state index is 12.7. The predicted molar refractivity (Wildman–Crippen MR) is 54.4 cm³/mol. The molecule has 0 aliphatic rings. The van der Waals surface area contributed by atoms with Gasteiger partial charge in [0.1, 0.15) is 5.76 Å². The quantitative estimate of drug-likeness (QED) is 0.766. The molecule has 0 aliphatic carbocycles. The zero-order valence-electron chi connectivity index (χ0n) is 9.92. The van der Waals surface area contributed by atoms with Crippen molar-refractivity contribution in [2.75, 3.05) is 0 Å². The molecule has 4 nitrogen and oxygen atoms in total. The van der Waals surface area contributed by atoms with E-state index in [0.29, 0.717) is 0 Å². The fraction of sp³-hybridized carbons (Fsp3) is 0.700. The van der Waals surface area contributed by atoms with E-state index in [9.17, 15) is 18.1 Å². The van der Waals surface area contributed by atoms with Crippen molar-refractivity contribution in [2.24, 2.45) is 5.18 Å². The average Bonchev–Trinajstić information content (AvgIpc) is 2.61. The summed E-state index contributed by atoms with van der Waals surface area (Å²) >= 11 is 0. The van der Waals surface area contributed by atoms with E-state index < -0.39 is 23.3 Å². The van der Waals surface area contributed by atoms with Crippen LogP contribution >= 0.6 is 0 Å². The lowest BCUT2D eigenvalue weighted by Crippen LogP contribution is -2.14. The molecule has 0 bridgehead atoms. The van der Waals surface area contributed by atoms with E-state index in [1.165, 1.54) is 13.8 Å². The lowest BCUT2D eigenvalue weighted by Gasteiger charge is -2.09. The zero-order valence-corrected chi connectivity index (χ0v) is 9.92. The van der Waals surface area contributed by atoms with Crippen LogP contribution in [0, 0.1) is 4.91 Å². The Morgan fingerprint density at radius 3 is 2.12 bits per heavy atom. The predicted octanol–water partition coefficient (Wildman–Crippen LogP) is 3.82. The van der Waals surface area contributed by atoms with E-state index in [1.54, 1.807) is 13.8 Å². The molecule has 0 amide bonds. The van der Waals surface area contributed by atoms with E-state index in [2.05, 4.69) is 10.2 Å². The van der Waals surface area contributed by atoms with Crippen LogP contribution in [0.25, 0.3) is 0 Å². The summed E-state index contributed by atoms with van der Waals surface area (Å²) in [4.78, 5) is 13.9. The Kier molecular flexibility index (Phi) is 3.31. The Labute approximate surface area is 96.2 Å². The Balaban J connectivity index is 3.37. The largest absolute Gasteiger partial charge is 0.442 e. The van der Waals surface area contributed by atoms with Gasteiger partial charge < -0.3 is 4.42 Å². The molecule has 1 rings (SSSR count). The van der Waals surface area contributed by atoms with E-state index in [0.717, 1.165) is 0 Å². The normalized spacial score (nSPS) is 13.2. The fourth-order valence-corrected chi connectivity index (χ4v) is 1.23. The van der Waals surface area contributed by atoms with Crippen LogP contribution in [0.15, 0.2) is 9.59 Å². The topological polar surface area (TPSA) is 55.5 Å². The molecule has 0 saturated carbocycles. The highest BCUT2D eigenvalue weighted by atomic mass is 19.4.